The Bertz CT molecular complexity index is 1060. The van der Waals surface area contributed by atoms with Gasteiger partial charge in [-0.15, -0.1) is 0 Å². The summed E-state index contributed by atoms with van der Waals surface area (Å²) >= 11 is 0. The highest BCUT2D eigenvalue weighted by Crippen LogP contribution is 2.26. The Morgan fingerprint density at radius 3 is 2.48 bits per heavy atom. The molecule has 0 aliphatic rings. The molecule has 5 heteroatoms. The molecule has 0 bridgehead atoms. The Hall–Kier alpha value is -3.47. The van der Waals surface area contributed by atoms with Crippen LogP contribution in [0.5, 0.6) is 0 Å². The second kappa shape index (κ2) is 7.41. The summed E-state index contributed by atoms with van der Waals surface area (Å²) in [5.41, 5.74) is 3.69. The van der Waals surface area contributed by atoms with Crippen molar-refractivity contribution >= 4 is 28.4 Å². The van der Waals surface area contributed by atoms with E-state index in [0.717, 1.165) is 33.7 Å². The molecule has 134 valence electrons. The van der Waals surface area contributed by atoms with Crippen LogP contribution in [0.1, 0.15) is 13.8 Å². The topological polar surface area (TPSA) is 62.7 Å². The van der Waals surface area contributed by atoms with Gasteiger partial charge in [0.1, 0.15) is 5.82 Å². The molecule has 0 saturated carbocycles. The zero-order valence-corrected chi connectivity index (χ0v) is 15.3. The fraction of sp³-hybridized carbons (Fsp3) is 0.136. The van der Waals surface area contributed by atoms with Crippen LogP contribution in [0.4, 0.5) is 17.5 Å². The van der Waals surface area contributed by atoms with E-state index in [-0.39, 0.29) is 6.04 Å². The van der Waals surface area contributed by atoms with Gasteiger partial charge < -0.3 is 10.6 Å². The van der Waals surface area contributed by atoms with Gasteiger partial charge in [-0.05, 0) is 26.0 Å². The van der Waals surface area contributed by atoms with Crippen molar-refractivity contribution in [2.24, 2.45) is 0 Å². The molecule has 0 spiro atoms. The van der Waals surface area contributed by atoms with Crippen molar-refractivity contribution < 1.29 is 0 Å². The van der Waals surface area contributed by atoms with Crippen molar-refractivity contribution in [1.29, 1.82) is 0 Å². The highest BCUT2D eigenvalue weighted by atomic mass is 15.2. The normalized spacial score (nSPS) is 10.9. The summed E-state index contributed by atoms with van der Waals surface area (Å²) in [5, 5.41) is 7.79. The Kier molecular flexibility index (Phi) is 4.66. The summed E-state index contributed by atoms with van der Waals surface area (Å²) in [4.78, 5) is 13.9. The standard InChI is InChI=1S/C22H21N5/c1-15(2)24-20-14-19(16-8-4-3-5-9-16)26-22(27-20)25-18-12-6-10-17-11-7-13-23-21(17)18/h3-15H,1-2H3,(H2,24,25,26,27). The average Bonchev–Trinajstić information content (AvgIpc) is 2.68. The number of para-hydroxylation sites is 1. The zero-order valence-electron chi connectivity index (χ0n) is 15.3. The number of nitrogens with one attached hydrogen (secondary N) is 2. The number of pyridine rings is 1. The average molecular weight is 355 g/mol. The van der Waals surface area contributed by atoms with Crippen molar-refractivity contribution in [1.82, 2.24) is 15.0 Å². The van der Waals surface area contributed by atoms with Crippen molar-refractivity contribution in [3.8, 4) is 11.3 Å². The van der Waals surface area contributed by atoms with Gasteiger partial charge in [0.25, 0.3) is 0 Å². The van der Waals surface area contributed by atoms with Crippen molar-refractivity contribution in [2.45, 2.75) is 19.9 Å². The largest absolute Gasteiger partial charge is 0.368 e. The van der Waals surface area contributed by atoms with Crippen LogP contribution in [0.25, 0.3) is 22.2 Å². The van der Waals surface area contributed by atoms with E-state index in [1.165, 1.54) is 0 Å². The number of hydrogen-bond donors (Lipinski definition) is 2. The van der Waals surface area contributed by atoms with E-state index in [0.29, 0.717) is 5.95 Å². The van der Waals surface area contributed by atoms with Crippen molar-refractivity contribution in [2.75, 3.05) is 10.6 Å². The molecular formula is C22H21N5. The van der Waals surface area contributed by atoms with Gasteiger partial charge in [0, 0.05) is 29.3 Å². The van der Waals surface area contributed by atoms with Gasteiger partial charge in [0.2, 0.25) is 5.95 Å². The molecule has 2 heterocycles. The molecule has 0 saturated heterocycles. The second-order valence-electron chi connectivity index (χ2n) is 6.63. The number of rotatable bonds is 5. The van der Waals surface area contributed by atoms with Crippen LogP contribution in [0, 0.1) is 0 Å². The van der Waals surface area contributed by atoms with Crippen molar-refractivity contribution in [3.05, 3.63) is 72.9 Å². The lowest BCUT2D eigenvalue weighted by Gasteiger charge is -2.14. The molecule has 0 aliphatic heterocycles. The number of hydrogen-bond acceptors (Lipinski definition) is 5. The summed E-state index contributed by atoms with van der Waals surface area (Å²) in [6.07, 6.45) is 1.79. The molecule has 2 aromatic carbocycles. The molecule has 5 nitrogen and oxygen atoms in total. The summed E-state index contributed by atoms with van der Waals surface area (Å²) < 4.78 is 0. The van der Waals surface area contributed by atoms with Gasteiger partial charge in [0.05, 0.1) is 16.9 Å². The Morgan fingerprint density at radius 2 is 1.67 bits per heavy atom. The van der Waals surface area contributed by atoms with E-state index >= 15 is 0 Å². The molecule has 0 amide bonds. The van der Waals surface area contributed by atoms with E-state index in [1.54, 1.807) is 6.20 Å². The van der Waals surface area contributed by atoms with Crippen LogP contribution in [0.15, 0.2) is 72.9 Å². The molecule has 2 aromatic heterocycles. The van der Waals surface area contributed by atoms with Crippen LogP contribution >= 0.6 is 0 Å². The van der Waals surface area contributed by atoms with Crippen LogP contribution < -0.4 is 10.6 Å². The molecule has 0 atom stereocenters. The van der Waals surface area contributed by atoms with Crippen LogP contribution in [0.3, 0.4) is 0 Å². The first-order valence-electron chi connectivity index (χ1n) is 9.01. The predicted molar refractivity (Wildman–Crippen MR) is 111 cm³/mol. The maximum atomic E-state index is 4.72. The third kappa shape index (κ3) is 3.87. The number of benzene rings is 2. The van der Waals surface area contributed by atoms with E-state index in [1.807, 2.05) is 66.7 Å². The van der Waals surface area contributed by atoms with Crippen LogP contribution in [-0.4, -0.2) is 21.0 Å². The molecule has 4 aromatic rings. The SMILES string of the molecule is CC(C)Nc1cc(-c2ccccc2)nc(Nc2cccc3cccnc23)n1. The fourth-order valence-electron chi connectivity index (χ4n) is 2.96. The minimum atomic E-state index is 0.274. The molecule has 2 N–H and O–H groups in total. The fourth-order valence-corrected chi connectivity index (χ4v) is 2.96. The molecule has 0 aliphatic carbocycles. The zero-order chi connectivity index (χ0) is 18.6. The summed E-state index contributed by atoms with van der Waals surface area (Å²) in [7, 11) is 0. The van der Waals surface area contributed by atoms with E-state index in [2.05, 4.69) is 34.4 Å². The molecule has 0 unspecified atom stereocenters. The first-order valence-corrected chi connectivity index (χ1v) is 9.01. The minimum absolute atomic E-state index is 0.274. The Labute approximate surface area is 158 Å². The number of nitrogens with zero attached hydrogens (tertiary/aromatic N) is 3. The molecule has 0 radical (unpaired) electrons. The molecule has 27 heavy (non-hydrogen) atoms. The summed E-state index contributed by atoms with van der Waals surface area (Å²) in [6, 6.07) is 22.4. The Morgan fingerprint density at radius 1 is 0.852 bits per heavy atom. The van der Waals surface area contributed by atoms with Crippen molar-refractivity contribution in [3.63, 3.8) is 0 Å². The third-order valence-corrected chi connectivity index (χ3v) is 4.11. The maximum absolute atomic E-state index is 4.72. The van der Waals surface area contributed by atoms with Gasteiger partial charge in [0.15, 0.2) is 0 Å². The van der Waals surface area contributed by atoms with Gasteiger partial charge in [-0.1, -0.05) is 48.5 Å². The van der Waals surface area contributed by atoms with Gasteiger partial charge in [-0.25, -0.2) is 4.98 Å². The van der Waals surface area contributed by atoms with Crippen LogP contribution in [0.2, 0.25) is 0 Å². The maximum Gasteiger partial charge on any atom is 0.229 e. The first kappa shape index (κ1) is 17.0. The van der Waals surface area contributed by atoms with Gasteiger partial charge in [-0.3, -0.25) is 4.98 Å². The highest BCUT2D eigenvalue weighted by molar-refractivity contribution is 5.91. The smallest absolute Gasteiger partial charge is 0.229 e. The van der Waals surface area contributed by atoms with Gasteiger partial charge >= 0.3 is 0 Å². The summed E-state index contributed by atoms with van der Waals surface area (Å²) in [6.45, 7) is 4.18. The molecular weight excluding hydrogens is 334 g/mol. The number of fused-ring (bicyclic) bond motifs is 1. The first-order chi connectivity index (χ1) is 13.2. The predicted octanol–water partition coefficient (Wildman–Crippen LogP) is 5.26. The minimum Gasteiger partial charge on any atom is -0.368 e. The third-order valence-electron chi connectivity index (χ3n) is 4.11. The summed E-state index contributed by atoms with van der Waals surface area (Å²) in [5.74, 6) is 1.33. The quantitative estimate of drug-likeness (QED) is 0.511. The van der Waals surface area contributed by atoms with E-state index < -0.39 is 0 Å². The lowest BCUT2D eigenvalue weighted by molar-refractivity contribution is 0.887. The monoisotopic (exact) mass is 355 g/mol. The molecule has 4 rings (SSSR count). The van der Waals surface area contributed by atoms with Crippen LogP contribution in [-0.2, 0) is 0 Å². The van der Waals surface area contributed by atoms with E-state index in [9.17, 15) is 0 Å². The lowest BCUT2D eigenvalue weighted by Crippen LogP contribution is -2.12. The highest BCUT2D eigenvalue weighted by Gasteiger charge is 2.10. The number of aromatic nitrogens is 3. The lowest BCUT2D eigenvalue weighted by atomic mass is 10.1. The molecule has 0 fully saturated rings. The Balaban J connectivity index is 1.77. The number of anilines is 3. The van der Waals surface area contributed by atoms with Gasteiger partial charge in [-0.2, -0.15) is 4.98 Å². The second-order valence-corrected chi connectivity index (χ2v) is 6.63. The van der Waals surface area contributed by atoms with E-state index in [4.69, 9.17) is 4.98 Å².